The molecule has 108 valence electrons. The third-order valence-corrected chi connectivity index (χ3v) is 3.57. The van der Waals surface area contributed by atoms with Crippen LogP contribution in [0, 0.1) is 5.41 Å². The molecule has 0 radical (unpaired) electrons. The first kappa shape index (κ1) is 15.6. The van der Waals surface area contributed by atoms with Gasteiger partial charge in [0.15, 0.2) is 0 Å². The monoisotopic (exact) mass is 269 g/mol. The van der Waals surface area contributed by atoms with E-state index in [0.717, 1.165) is 11.3 Å². The summed E-state index contributed by atoms with van der Waals surface area (Å²) in [7, 11) is 1.43. The average Bonchev–Trinajstić information content (AvgIpc) is 2.55. The second-order valence-corrected chi connectivity index (χ2v) is 5.82. The fourth-order valence-electron chi connectivity index (χ4n) is 2.10. The first-order valence-electron chi connectivity index (χ1n) is 6.56. The van der Waals surface area contributed by atoms with Gasteiger partial charge in [-0.15, -0.1) is 0 Å². The maximum Gasteiger partial charge on any atom is 0.252 e. The Kier molecular flexibility index (Phi) is 5.05. The van der Waals surface area contributed by atoms with Crippen LogP contribution < -0.4 is 11.1 Å². The number of nitrogens with zero attached hydrogens (tertiary/aromatic N) is 1. The fourth-order valence-corrected chi connectivity index (χ4v) is 2.10. The third kappa shape index (κ3) is 4.31. The van der Waals surface area contributed by atoms with E-state index in [9.17, 15) is 14.4 Å². The first-order valence-corrected chi connectivity index (χ1v) is 6.56. The van der Waals surface area contributed by atoms with Gasteiger partial charge in [-0.25, -0.2) is 0 Å². The van der Waals surface area contributed by atoms with Crippen molar-refractivity contribution in [3.05, 3.63) is 0 Å². The van der Waals surface area contributed by atoms with E-state index < -0.39 is 6.04 Å². The van der Waals surface area contributed by atoms with Crippen molar-refractivity contribution in [1.82, 2.24) is 10.2 Å². The van der Waals surface area contributed by atoms with Crippen LogP contribution in [0.15, 0.2) is 0 Å². The van der Waals surface area contributed by atoms with Gasteiger partial charge in [-0.2, -0.15) is 0 Å². The van der Waals surface area contributed by atoms with Gasteiger partial charge < -0.3 is 11.1 Å². The third-order valence-electron chi connectivity index (χ3n) is 3.57. The summed E-state index contributed by atoms with van der Waals surface area (Å²) in [6.45, 7) is 4.71. The normalized spacial score (nSPS) is 20.0. The van der Waals surface area contributed by atoms with E-state index in [0.29, 0.717) is 19.4 Å². The molecular weight excluding hydrogens is 246 g/mol. The van der Waals surface area contributed by atoms with Crippen LogP contribution in [0.5, 0.6) is 0 Å². The maximum absolute atomic E-state index is 11.8. The zero-order valence-electron chi connectivity index (χ0n) is 11.9. The van der Waals surface area contributed by atoms with Crippen LogP contribution in [0.4, 0.5) is 0 Å². The summed E-state index contributed by atoms with van der Waals surface area (Å²) in [6, 6.07) is -0.692. The van der Waals surface area contributed by atoms with Gasteiger partial charge in [0, 0.05) is 13.5 Å². The number of amides is 3. The molecule has 0 aromatic rings. The van der Waals surface area contributed by atoms with Gasteiger partial charge in [0.05, 0.1) is 6.42 Å². The van der Waals surface area contributed by atoms with Crippen LogP contribution in [-0.4, -0.2) is 42.3 Å². The molecule has 3 N–H and O–H groups in total. The van der Waals surface area contributed by atoms with Gasteiger partial charge in [-0.3, -0.25) is 19.3 Å². The van der Waals surface area contributed by atoms with E-state index in [-0.39, 0.29) is 29.6 Å². The summed E-state index contributed by atoms with van der Waals surface area (Å²) in [5.41, 5.74) is 5.53. The Bertz CT molecular complexity index is 379. The van der Waals surface area contributed by atoms with Crippen LogP contribution in [0.1, 0.15) is 39.5 Å². The highest BCUT2D eigenvalue weighted by molar-refractivity contribution is 6.06. The number of likely N-dealkylation sites (N-methyl/N-ethyl adjacent to an activating group) is 1. The van der Waals surface area contributed by atoms with E-state index in [1.807, 2.05) is 0 Å². The Labute approximate surface area is 113 Å². The molecule has 1 saturated heterocycles. The van der Waals surface area contributed by atoms with Crippen molar-refractivity contribution in [2.45, 2.75) is 45.6 Å². The summed E-state index contributed by atoms with van der Waals surface area (Å²) >= 11 is 0. The zero-order chi connectivity index (χ0) is 14.6. The topological polar surface area (TPSA) is 92.5 Å². The molecule has 0 saturated carbocycles. The molecule has 1 unspecified atom stereocenters. The summed E-state index contributed by atoms with van der Waals surface area (Å²) < 4.78 is 0. The number of hydrogen-bond donors (Lipinski definition) is 2. The van der Waals surface area contributed by atoms with Gasteiger partial charge in [0.2, 0.25) is 11.8 Å². The summed E-state index contributed by atoms with van der Waals surface area (Å²) in [5.74, 6) is -0.773. The van der Waals surface area contributed by atoms with Crippen LogP contribution in [-0.2, 0) is 14.4 Å². The quantitative estimate of drug-likeness (QED) is 0.665. The second-order valence-electron chi connectivity index (χ2n) is 5.82. The lowest BCUT2D eigenvalue weighted by atomic mass is 9.84. The van der Waals surface area contributed by atoms with Crippen LogP contribution >= 0.6 is 0 Å². The van der Waals surface area contributed by atoms with Crippen molar-refractivity contribution < 1.29 is 14.4 Å². The lowest BCUT2D eigenvalue weighted by Gasteiger charge is -2.23. The zero-order valence-corrected chi connectivity index (χ0v) is 11.9. The molecule has 6 nitrogen and oxygen atoms in total. The van der Waals surface area contributed by atoms with Crippen LogP contribution in [0.25, 0.3) is 0 Å². The molecule has 1 atom stereocenters. The Hall–Kier alpha value is -1.43. The maximum atomic E-state index is 11.8. The number of hydrogen-bond acceptors (Lipinski definition) is 4. The molecular formula is C13H23N3O3. The number of nitrogens with one attached hydrogen (secondary N) is 1. The molecule has 6 heteroatoms. The molecule has 1 aliphatic rings. The van der Waals surface area contributed by atoms with Gasteiger partial charge in [0.1, 0.15) is 6.04 Å². The van der Waals surface area contributed by atoms with Gasteiger partial charge in [0.25, 0.3) is 5.91 Å². The Balaban J connectivity index is 2.40. The minimum atomic E-state index is -0.692. The lowest BCUT2D eigenvalue weighted by Crippen LogP contribution is -2.40. The number of rotatable bonds is 6. The van der Waals surface area contributed by atoms with Crippen molar-refractivity contribution in [3.8, 4) is 0 Å². The number of nitrogens with two attached hydrogens (primary N) is 1. The highest BCUT2D eigenvalue weighted by Gasteiger charge is 2.36. The molecule has 1 rings (SSSR count). The average molecular weight is 269 g/mol. The molecule has 19 heavy (non-hydrogen) atoms. The summed E-state index contributed by atoms with van der Waals surface area (Å²) in [5, 5.41) is 2.62. The number of likely N-dealkylation sites (tertiary alicyclic amines) is 1. The molecule has 1 fully saturated rings. The van der Waals surface area contributed by atoms with E-state index in [2.05, 4.69) is 19.2 Å². The van der Waals surface area contributed by atoms with Gasteiger partial charge in [-0.1, -0.05) is 13.8 Å². The fraction of sp³-hybridized carbons (Fsp3) is 0.769. The molecule has 0 aromatic heterocycles. The number of imide groups is 1. The predicted octanol–water partition coefficient (Wildman–Crippen LogP) is 0.0151. The Morgan fingerprint density at radius 2 is 2.05 bits per heavy atom. The second kappa shape index (κ2) is 6.14. The van der Waals surface area contributed by atoms with Crippen molar-refractivity contribution in [2.75, 3.05) is 13.6 Å². The van der Waals surface area contributed by atoms with E-state index in [4.69, 9.17) is 5.73 Å². The number of carbonyl (C=O) groups excluding carboxylic acids is 3. The lowest BCUT2D eigenvalue weighted by molar-refractivity contribution is -0.138. The minimum absolute atomic E-state index is 0.0123. The van der Waals surface area contributed by atoms with Crippen molar-refractivity contribution in [1.29, 1.82) is 0 Å². The highest BCUT2D eigenvalue weighted by atomic mass is 16.2. The van der Waals surface area contributed by atoms with Crippen molar-refractivity contribution in [2.24, 2.45) is 11.1 Å². The summed E-state index contributed by atoms with van der Waals surface area (Å²) in [6.07, 6.45) is 1.96. The predicted molar refractivity (Wildman–Crippen MR) is 71.0 cm³/mol. The van der Waals surface area contributed by atoms with E-state index >= 15 is 0 Å². The molecule has 0 aromatic carbocycles. The van der Waals surface area contributed by atoms with Gasteiger partial charge in [-0.05, 0) is 24.8 Å². The van der Waals surface area contributed by atoms with Crippen molar-refractivity contribution in [3.63, 3.8) is 0 Å². The number of carbonyl (C=O) groups is 3. The Morgan fingerprint density at radius 1 is 1.42 bits per heavy atom. The molecule has 0 aliphatic carbocycles. The molecule has 0 spiro atoms. The van der Waals surface area contributed by atoms with Crippen LogP contribution in [0.3, 0.4) is 0 Å². The van der Waals surface area contributed by atoms with Crippen molar-refractivity contribution >= 4 is 17.7 Å². The highest BCUT2D eigenvalue weighted by Crippen LogP contribution is 2.25. The first-order chi connectivity index (χ1) is 8.76. The molecule has 1 heterocycles. The SMILES string of the molecule is CN1C(=O)CC(NC(=O)CCC(C)(C)CCN)C1=O. The van der Waals surface area contributed by atoms with E-state index in [1.165, 1.54) is 7.05 Å². The minimum Gasteiger partial charge on any atom is -0.344 e. The summed E-state index contributed by atoms with van der Waals surface area (Å²) in [4.78, 5) is 35.8. The van der Waals surface area contributed by atoms with E-state index in [1.54, 1.807) is 0 Å². The molecule has 1 aliphatic heterocycles. The van der Waals surface area contributed by atoms with Crippen LogP contribution in [0.2, 0.25) is 0 Å². The molecule has 3 amide bonds. The van der Waals surface area contributed by atoms with Gasteiger partial charge >= 0.3 is 0 Å². The smallest absolute Gasteiger partial charge is 0.252 e. The largest absolute Gasteiger partial charge is 0.344 e. The standard InChI is InChI=1S/C13H23N3O3/c1-13(2,6-7-14)5-4-10(17)15-9-8-11(18)16(3)12(9)19/h9H,4-8,14H2,1-3H3,(H,15,17). The molecule has 0 bridgehead atoms. The Morgan fingerprint density at radius 3 is 2.53 bits per heavy atom.